The number of nitrogens with zero attached hydrogens (tertiary/aromatic N) is 2. The van der Waals surface area contributed by atoms with E-state index >= 15 is 0 Å². The number of hydrogen-bond donors (Lipinski definition) is 0. The molecular weight excluding hydrogens is 202 g/mol. The highest BCUT2D eigenvalue weighted by Gasteiger charge is 2.45. The number of rotatable bonds is 3. The zero-order valence-electron chi connectivity index (χ0n) is 8.83. The minimum absolute atomic E-state index is 0.0256. The number of aromatic nitrogens is 2. The quantitative estimate of drug-likeness (QED) is 0.774. The van der Waals surface area contributed by atoms with Gasteiger partial charge in [0.1, 0.15) is 0 Å². The average molecular weight is 216 g/mol. The molecule has 0 atom stereocenters. The van der Waals surface area contributed by atoms with E-state index in [-0.39, 0.29) is 18.8 Å². The Bertz CT molecular complexity index is 335. The van der Waals surface area contributed by atoms with Crippen LogP contribution in [0.2, 0.25) is 0 Å². The first-order chi connectivity index (χ1) is 6.96. The van der Waals surface area contributed by atoms with Crippen molar-refractivity contribution in [1.82, 2.24) is 9.78 Å². The van der Waals surface area contributed by atoms with Crippen molar-refractivity contribution in [2.75, 3.05) is 6.61 Å². The summed E-state index contributed by atoms with van der Waals surface area (Å²) in [5.41, 5.74) is 0.990. The first kappa shape index (κ1) is 10.4. The molecule has 0 aliphatic heterocycles. The second-order valence-corrected chi connectivity index (χ2v) is 4.19. The standard InChI is InChI=1S/C10H14F2N2O/c1-7-3-9(13-14(7)2)15-6-8-4-10(11,12)5-8/h3,8H,4-6H2,1-2H3. The number of aryl methyl sites for hydroxylation is 2. The molecule has 0 spiro atoms. The summed E-state index contributed by atoms with van der Waals surface area (Å²) >= 11 is 0. The monoisotopic (exact) mass is 216 g/mol. The van der Waals surface area contributed by atoms with Gasteiger partial charge in [0.2, 0.25) is 11.8 Å². The lowest BCUT2D eigenvalue weighted by Crippen LogP contribution is -2.38. The van der Waals surface area contributed by atoms with Crippen LogP contribution in [-0.4, -0.2) is 22.3 Å². The van der Waals surface area contributed by atoms with Crippen LogP contribution in [0.15, 0.2) is 6.07 Å². The maximum atomic E-state index is 12.5. The topological polar surface area (TPSA) is 27.1 Å². The van der Waals surface area contributed by atoms with Crippen molar-refractivity contribution >= 4 is 0 Å². The van der Waals surface area contributed by atoms with Crippen molar-refractivity contribution < 1.29 is 13.5 Å². The number of halogens is 2. The fourth-order valence-electron chi connectivity index (χ4n) is 1.70. The molecule has 1 heterocycles. The third kappa shape index (κ3) is 2.27. The molecule has 1 aliphatic carbocycles. The van der Waals surface area contributed by atoms with E-state index in [9.17, 15) is 8.78 Å². The molecule has 0 saturated heterocycles. The number of hydrogen-bond acceptors (Lipinski definition) is 2. The van der Waals surface area contributed by atoms with Gasteiger partial charge in [-0.15, -0.1) is 5.10 Å². The molecule has 5 heteroatoms. The van der Waals surface area contributed by atoms with E-state index < -0.39 is 5.92 Å². The predicted octanol–water partition coefficient (Wildman–Crippen LogP) is 2.15. The summed E-state index contributed by atoms with van der Waals surface area (Å²) in [5, 5.41) is 4.08. The molecule has 1 fully saturated rings. The van der Waals surface area contributed by atoms with Crippen LogP contribution in [0.3, 0.4) is 0 Å². The Morgan fingerprint density at radius 2 is 2.27 bits per heavy atom. The van der Waals surface area contributed by atoms with Gasteiger partial charge in [-0.05, 0) is 6.92 Å². The highest BCUT2D eigenvalue weighted by molar-refractivity contribution is 5.13. The Morgan fingerprint density at radius 3 is 2.73 bits per heavy atom. The lowest BCUT2D eigenvalue weighted by molar-refractivity contribution is -0.119. The van der Waals surface area contributed by atoms with Crippen LogP contribution < -0.4 is 4.74 Å². The molecule has 0 unspecified atom stereocenters. The van der Waals surface area contributed by atoms with Crippen molar-refractivity contribution in [2.24, 2.45) is 13.0 Å². The van der Waals surface area contributed by atoms with E-state index in [1.54, 1.807) is 10.7 Å². The zero-order chi connectivity index (χ0) is 11.1. The number of alkyl halides is 2. The Kier molecular flexibility index (Phi) is 2.40. The molecule has 0 bridgehead atoms. The third-order valence-corrected chi connectivity index (χ3v) is 2.73. The maximum absolute atomic E-state index is 12.5. The van der Waals surface area contributed by atoms with Gasteiger partial charge >= 0.3 is 0 Å². The molecule has 0 N–H and O–H groups in total. The fourth-order valence-corrected chi connectivity index (χ4v) is 1.70. The predicted molar refractivity (Wildman–Crippen MR) is 51.1 cm³/mol. The van der Waals surface area contributed by atoms with Gasteiger partial charge in [0, 0.05) is 37.6 Å². The lowest BCUT2D eigenvalue weighted by Gasteiger charge is -2.34. The normalized spacial score (nSPS) is 20.0. The first-order valence-electron chi connectivity index (χ1n) is 4.97. The Balaban J connectivity index is 1.80. The Hall–Kier alpha value is -1.13. The van der Waals surface area contributed by atoms with Gasteiger partial charge < -0.3 is 4.74 Å². The van der Waals surface area contributed by atoms with Gasteiger partial charge in [-0.25, -0.2) is 8.78 Å². The van der Waals surface area contributed by atoms with Crippen molar-refractivity contribution in [3.63, 3.8) is 0 Å². The van der Waals surface area contributed by atoms with Crippen LogP contribution in [0, 0.1) is 12.8 Å². The molecule has 1 aromatic heterocycles. The highest BCUT2D eigenvalue weighted by atomic mass is 19.3. The molecule has 15 heavy (non-hydrogen) atoms. The van der Waals surface area contributed by atoms with E-state index in [1.165, 1.54) is 0 Å². The van der Waals surface area contributed by atoms with Crippen LogP contribution in [0.4, 0.5) is 8.78 Å². The van der Waals surface area contributed by atoms with E-state index in [0.717, 1.165) is 5.69 Å². The minimum atomic E-state index is -2.46. The molecule has 0 amide bonds. The molecule has 2 rings (SSSR count). The molecule has 3 nitrogen and oxygen atoms in total. The van der Waals surface area contributed by atoms with Crippen molar-refractivity contribution in [3.8, 4) is 5.88 Å². The van der Waals surface area contributed by atoms with Crippen molar-refractivity contribution in [3.05, 3.63) is 11.8 Å². The fraction of sp³-hybridized carbons (Fsp3) is 0.700. The zero-order valence-corrected chi connectivity index (χ0v) is 8.83. The SMILES string of the molecule is Cc1cc(OCC2CC(F)(F)C2)nn1C. The number of ether oxygens (including phenoxy) is 1. The minimum Gasteiger partial charge on any atom is -0.476 e. The summed E-state index contributed by atoms with van der Waals surface area (Å²) in [6.07, 6.45) is -0.113. The molecule has 1 aliphatic rings. The molecular formula is C10H14F2N2O. The molecule has 84 valence electrons. The average Bonchev–Trinajstić information content (AvgIpc) is 2.39. The summed E-state index contributed by atoms with van der Waals surface area (Å²) in [6, 6.07) is 1.80. The van der Waals surface area contributed by atoms with Crippen LogP contribution in [-0.2, 0) is 7.05 Å². The first-order valence-corrected chi connectivity index (χ1v) is 4.97. The smallest absolute Gasteiger partial charge is 0.248 e. The summed E-state index contributed by atoms with van der Waals surface area (Å²) in [4.78, 5) is 0. The second-order valence-electron chi connectivity index (χ2n) is 4.19. The highest BCUT2D eigenvalue weighted by Crippen LogP contribution is 2.42. The third-order valence-electron chi connectivity index (χ3n) is 2.73. The van der Waals surface area contributed by atoms with E-state index in [2.05, 4.69) is 5.10 Å². The van der Waals surface area contributed by atoms with Gasteiger partial charge in [0.15, 0.2) is 0 Å². The van der Waals surface area contributed by atoms with Gasteiger partial charge in [0.05, 0.1) is 6.61 Å². The Labute approximate surface area is 87.0 Å². The van der Waals surface area contributed by atoms with Crippen LogP contribution in [0.5, 0.6) is 5.88 Å². The van der Waals surface area contributed by atoms with Crippen molar-refractivity contribution in [1.29, 1.82) is 0 Å². The molecule has 0 aromatic carbocycles. The van der Waals surface area contributed by atoms with Gasteiger partial charge in [-0.2, -0.15) is 0 Å². The van der Waals surface area contributed by atoms with Gasteiger partial charge in [-0.3, -0.25) is 4.68 Å². The molecule has 0 radical (unpaired) electrons. The summed E-state index contributed by atoms with van der Waals surface area (Å²) in [7, 11) is 1.82. The van der Waals surface area contributed by atoms with Gasteiger partial charge in [-0.1, -0.05) is 0 Å². The molecule has 1 aromatic rings. The summed E-state index contributed by atoms with van der Waals surface area (Å²) in [5.74, 6) is -1.97. The Morgan fingerprint density at radius 1 is 1.60 bits per heavy atom. The van der Waals surface area contributed by atoms with E-state index in [1.807, 2.05) is 14.0 Å². The molecule has 1 saturated carbocycles. The van der Waals surface area contributed by atoms with Crippen molar-refractivity contribution in [2.45, 2.75) is 25.7 Å². The van der Waals surface area contributed by atoms with Crippen LogP contribution in [0.1, 0.15) is 18.5 Å². The maximum Gasteiger partial charge on any atom is 0.248 e. The summed E-state index contributed by atoms with van der Waals surface area (Å²) in [6.45, 7) is 2.25. The lowest BCUT2D eigenvalue weighted by atomic mass is 9.82. The van der Waals surface area contributed by atoms with Crippen LogP contribution in [0.25, 0.3) is 0 Å². The van der Waals surface area contributed by atoms with E-state index in [0.29, 0.717) is 12.5 Å². The van der Waals surface area contributed by atoms with E-state index in [4.69, 9.17) is 4.74 Å². The van der Waals surface area contributed by atoms with Gasteiger partial charge in [0.25, 0.3) is 0 Å². The second kappa shape index (κ2) is 3.47. The van der Waals surface area contributed by atoms with Crippen LogP contribution >= 0.6 is 0 Å². The summed E-state index contributed by atoms with van der Waals surface area (Å²) < 4.78 is 32.1. The largest absolute Gasteiger partial charge is 0.476 e.